The fourth-order valence-electron chi connectivity index (χ4n) is 8.23. The molecule has 0 spiro atoms. The van der Waals surface area contributed by atoms with Gasteiger partial charge in [0.25, 0.3) is 0 Å². The first-order valence-corrected chi connectivity index (χ1v) is 28.5. The molecule has 0 aliphatic carbocycles. The summed E-state index contributed by atoms with van der Waals surface area (Å²) in [5.41, 5.74) is 5.37. The Morgan fingerprint density at radius 2 is 0.694 bits per heavy atom. The predicted octanol–water partition coefficient (Wildman–Crippen LogP) is 16.3. The largest absolute Gasteiger partial charge is 0.472 e. The Hall–Kier alpha value is -0.990. The molecule has 0 aromatic heterocycles. The molecule has 0 aromatic carbocycles. The number of carbonyl (C=O) groups excluding carboxylic acids is 2. The molecule has 0 rings (SSSR count). The van der Waals surface area contributed by atoms with Gasteiger partial charge in [-0.15, -0.1) is 0 Å². The summed E-state index contributed by atoms with van der Waals surface area (Å²) in [6.45, 7) is 3.81. The molecule has 62 heavy (non-hydrogen) atoms. The fourth-order valence-corrected chi connectivity index (χ4v) is 8.99. The van der Waals surface area contributed by atoms with Crippen molar-refractivity contribution in [1.82, 2.24) is 0 Å². The maximum atomic E-state index is 12.7. The van der Waals surface area contributed by atoms with Crippen LogP contribution in [0.2, 0.25) is 0 Å². The molecule has 0 aliphatic rings. The monoisotopic (exact) mass is 902 g/mol. The zero-order valence-electron chi connectivity index (χ0n) is 41.1. The Bertz CT molecular complexity index is 984. The van der Waals surface area contributed by atoms with Gasteiger partial charge in [0, 0.05) is 19.4 Å². The van der Waals surface area contributed by atoms with Gasteiger partial charge in [-0.05, 0) is 12.8 Å². The number of rotatable bonds is 52. The van der Waals surface area contributed by atoms with Crippen LogP contribution in [-0.2, 0) is 32.7 Å². The highest BCUT2D eigenvalue weighted by Crippen LogP contribution is 2.43. The summed E-state index contributed by atoms with van der Waals surface area (Å²) in [7, 11) is -4.38. The van der Waals surface area contributed by atoms with Gasteiger partial charge in [0.2, 0.25) is 0 Å². The van der Waals surface area contributed by atoms with Crippen LogP contribution in [0.25, 0.3) is 0 Å². The zero-order chi connectivity index (χ0) is 45.3. The van der Waals surface area contributed by atoms with E-state index in [0.717, 1.165) is 32.1 Å². The summed E-state index contributed by atoms with van der Waals surface area (Å²) < 4.78 is 33.0. The summed E-state index contributed by atoms with van der Waals surface area (Å²) in [6.07, 6.45) is 52.9. The number of nitrogens with two attached hydrogens (primary N) is 1. The molecule has 9 nitrogen and oxygen atoms in total. The lowest BCUT2D eigenvalue weighted by atomic mass is 10.0. The highest BCUT2D eigenvalue weighted by molar-refractivity contribution is 7.47. The van der Waals surface area contributed by atoms with Gasteiger partial charge in [0.05, 0.1) is 13.2 Å². The van der Waals surface area contributed by atoms with Crippen LogP contribution in [0.3, 0.4) is 0 Å². The van der Waals surface area contributed by atoms with Crippen molar-refractivity contribution in [3.63, 3.8) is 0 Å². The number of phosphoric acid groups is 1. The third kappa shape index (κ3) is 48.5. The van der Waals surface area contributed by atoms with Crippen molar-refractivity contribution in [3.05, 3.63) is 0 Å². The van der Waals surface area contributed by atoms with E-state index in [-0.39, 0.29) is 38.6 Å². The van der Waals surface area contributed by atoms with Gasteiger partial charge in [-0.25, -0.2) is 4.57 Å². The van der Waals surface area contributed by atoms with E-state index >= 15 is 0 Å². The minimum Gasteiger partial charge on any atom is -0.462 e. The fraction of sp³-hybridized carbons (Fsp3) is 0.962. The van der Waals surface area contributed by atoms with Crippen molar-refractivity contribution in [2.45, 2.75) is 296 Å². The van der Waals surface area contributed by atoms with Crippen molar-refractivity contribution in [2.75, 3.05) is 26.4 Å². The number of hydrogen-bond acceptors (Lipinski definition) is 8. The minimum absolute atomic E-state index is 0.0585. The Morgan fingerprint density at radius 1 is 0.419 bits per heavy atom. The average molecular weight is 902 g/mol. The molecule has 370 valence electrons. The van der Waals surface area contributed by atoms with E-state index in [1.165, 1.54) is 225 Å². The van der Waals surface area contributed by atoms with E-state index in [9.17, 15) is 19.0 Å². The second kappa shape index (κ2) is 49.4. The molecule has 0 fully saturated rings. The summed E-state index contributed by atoms with van der Waals surface area (Å²) in [5, 5.41) is 0. The molecule has 0 heterocycles. The van der Waals surface area contributed by atoms with E-state index in [2.05, 4.69) is 13.8 Å². The SMILES string of the molecule is CCCCCCCCCCCCCCCCCCCCCCCC(=O)OCC(COP(=O)(O)OCCN)OC(=O)CCCCCCCCCCCCCCCCCCCCCC. The first kappa shape index (κ1) is 61.0. The molecule has 0 aromatic rings. The Morgan fingerprint density at radius 3 is 0.984 bits per heavy atom. The third-order valence-corrected chi connectivity index (χ3v) is 13.2. The van der Waals surface area contributed by atoms with E-state index < -0.39 is 26.5 Å². The van der Waals surface area contributed by atoms with Gasteiger partial charge >= 0.3 is 19.8 Å². The minimum atomic E-state index is -4.38. The van der Waals surface area contributed by atoms with Gasteiger partial charge in [0.15, 0.2) is 6.10 Å². The second-order valence-corrected chi connectivity index (χ2v) is 19.9. The molecule has 10 heteroatoms. The number of unbranched alkanes of at least 4 members (excludes halogenated alkanes) is 39. The van der Waals surface area contributed by atoms with E-state index in [1.807, 2.05) is 0 Å². The normalized spacial score (nSPS) is 13.0. The topological polar surface area (TPSA) is 134 Å². The molecule has 0 radical (unpaired) electrons. The van der Waals surface area contributed by atoms with Crippen molar-refractivity contribution < 1.29 is 37.6 Å². The lowest BCUT2D eigenvalue weighted by Crippen LogP contribution is -2.29. The van der Waals surface area contributed by atoms with Crippen molar-refractivity contribution in [3.8, 4) is 0 Å². The van der Waals surface area contributed by atoms with Crippen molar-refractivity contribution >= 4 is 19.8 Å². The molecular formula is C52H104NO8P. The molecule has 0 saturated carbocycles. The summed E-state index contributed by atoms with van der Waals surface area (Å²) in [6, 6.07) is 0. The molecular weight excluding hydrogens is 798 g/mol. The van der Waals surface area contributed by atoms with E-state index in [0.29, 0.717) is 6.42 Å². The van der Waals surface area contributed by atoms with Gasteiger partial charge in [-0.1, -0.05) is 264 Å². The molecule has 2 unspecified atom stereocenters. The van der Waals surface area contributed by atoms with Crippen LogP contribution in [0.4, 0.5) is 0 Å². The third-order valence-electron chi connectivity index (χ3n) is 12.2. The predicted molar refractivity (Wildman–Crippen MR) is 262 cm³/mol. The molecule has 0 saturated heterocycles. The molecule has 2 atom stereocenters. The van der Waals surface area contributed by atoms with Gasteiger partial charge < -0.3 is 20.1 Å². The summed E-state index contributed by atoms with van der Waals surface area (Å²) >= 11 is 0. The maximum absolute atomic E-state index is 12.7. The van der Waals surface area contributed by atoms with E-state index in [1.54, 1.807) is 0 Å². The smallest absolute Gasteiger partial charge is 0.462 e. The van der Waals surface area contributed by atoms with Crippen molar-refractivity contribution in [2.24, 2.45) is 5.73 Å². The summed E-state index contributed by atoms with van der Waals surface area (Å²) in [5.74, 6) is -0.804. The number of carbonyl (C=O) groups is 2. The van der Waals surface area contributed by atoms with Crippen LogP contribution in [0, 0.1) is 0 Å². The number of hydrogen-bond donors (Lipinski definition) is 2. The Kier molecular flexibility index (Phi) is 48.7. The first-order valence-electron chi connectivity index (χ1n) is 27.0. The van der Waals surface area contributed by atoms with Crippen LogP contribution >= 0.6 is 7.82 Å². The highest BCUT2D eigenvalue weighted by atomic mass is 31.2. The molecule has 3 N–H and O–H groups in total. The van der Waals surface area contributed by atoms with Gasteiger partial charge in [-0.2, -0.15) is 0 Å². The lowest BCUT2D eigenvalue weighted by Gasteiger charge is -2.19. The molecule has 0 bridgehead atoms. The first-order chi connectivity index (χ1) is 30.3. The van der Waals surface area contributed by atoms with Crippen LogP contribution < -0.4 is 5.73 Å². The quantitative estimate of drug-likeness (QED) is 0.0347. The highest BCUT2D eigenvalue weighted by Gasteiger charge is 2.26. The second-order valence-electron chi connectivity index (χ2n) is 18.5. The molecule has 0 aliphatic heterocycles. The molecule has 0 amide bonds. The summed E-state index contributed by atoms with van der Waals surface area (Å²) in [4.78, 5) is 35.1. The number of phosphoric ester groups is 1. The number of esters is 2. The zero-order valence-corrected chi connectivity index (χ0v) is 42.0. The van der Waals surface area contributed by atoms with E-state index in [4.69, 9.17) is 24.3 Å². The Labute approximate surface area is 384 Å². The van der Waals surface area contributed by atoms with Crippen molar-refractivity contribution in [1.29, 1.82) is 0 Å². The lowest BCUT2D eigenvalue weighted by molar-refractivity contribution is -0.161. The number of ether oxygens (including phenoxy) is 2. The van der Waals surface area contributed by atoms with Crippen LogP contribution in [0.5, 0.6) is 0 Å². The Balaban J connectivity index is 3.95. The van der Waals surface area contributed by atoms with Gasteiger partial charge in [-0.3, -0.25) is 18.6 Å². The maximum Gasteiger partial charge on any atom is 0.472 e. The van der Waals surface area contributed by atoms with Gasteiger partial charge in [0.1, 0.15) is 6.61 Å². The standard InChI is InChI=1S/C52H104NO8P/c1-3-5-7-9-11-13-15-17-19-21-23-25-27-28-30-32-34-36-38-40-42-44-51(54)58-48-50(49-60-62(56,57)59-47-46-53)61-52(55)45-43-41-39-37-35-33-31-29-26-24-22-20-18-16-14-12-10-8-6-4-2/h50H,3-49,53H2,1-2H3,(H,56,57). The van der Waals surface area contributed by atoms with Crippen LogP contribution in [0.15, 0.2) is 0 Å². The average Bonchev–Trinajstić information content (AvgIpc) is 3.26. The van der Waals surface area contributed by atoms with Crippen LogP contribution in [0.1, 0.15) is 290 Å². The van der Waals surface area contributed by atoms with Crippen LogP contribution in [-0.4, -0.2) is 49.3 Å².